The van der Waals surface area contributed by atoms with Crippen LogP contribution in [0.15, 0.2) is 64.5 Å². The zero-order chi connectivity index (χ0) is 21.8. The molecule has 0 aliphatic rings. The Morgan fingerprint density at radius 2 is 1.80 bits per heavy atom. The van der Waals surface area contributed by atoms with Gasteiger partial charge in [-0.05, 0) is 49.6 Å². The number of nitrogens with zero attached hydrogens (tertiary/aromatic N) is 1. The first-order valence-corrected chi connectivity index (χ1v) is 11.7. The summed E-state index contributed by atoms with van der Waals surface area (Å²) in [6.07, 6.45) is 1.18. The minimum absolute atomic E-state index is 0.0617. The third-order valence-corrected chi connectivity index (χ3v) is 6.23. The van der Waals surface area contributed by atoms with Crippen molar-refractivity contribution in [3.63, 3.8) is 0 Å². The van der Waals surface area contributed by atoms with Crippen LogP contribution in [-0.2, 0) is 16.3 Å². The van der Waals surface area contributed by atoms with Crippen molar-refractivity contribution in [3.05, 3.63) is 65.7 Å². The van der Waals surface area contributed by atoms with Gasteiger partial charge in [0.2, 0.25) is 0 Å². The fourth-order valence-corrected chi connectivity index (χ4v) is 4.19. The molecule has 2 aromatic rings. The number of amides is 1. The van der Waals surface area contributed by atoms with Crippen molar-refractivity contribution in [2.45, 2.75) is 24.7 Å². The van der Waals surface area contributed by atoms with Crippen LogP contribution in [0.4, 0.5) is 0 Å². The monoisotopic (exact) mass is 430 g/mol. The number of nitrogens with one attached hydrogen (secondary N) is 3. The molecule has 2 aromatic carbocycles. The van der Waals surface area contributed by atoms with Gasteiger partial charge >= 0.3 is 0 Å². The molecule has 8 heteroatoms. The van der Waals surface area contributed by atoms with Crippen LogP contribution in [0.5, 0.6) is 0 Å². The maximum atomic E-state index is 12.3. The van der Waals surface area contributed by atoms with Crippen LogP contribution >= 0.6 is 0 Å². The maximum Gasteiger partial charge on any atom is 0.251 e. The van der Waals surface area contributed by atoms with Crippen molar-refractivity contribution < 1.29 is 13.2 Å². The van der Waals surface area contributed by atoms with E-state index >= 15 is 0 Å². The minimum atomic E-state index is -3.28. The van der Waals surface area contributed by atoms with E-state index in [1.54, 1.807) is 43.4 Å². The van der Waals surface area contributed by atoms with Crippen LogP contribution in [0, 0.1) is 0 Å². The van der Waals surface area contributed by atoms with Gasteiger partial charge in [0, 0.05) is 32.2 Å². The molecule has 0 bridgehead atoms. The Labute approximate surface area is 178 Å². The van der Waals surface area contributed by atoms with Gasteiger partial charge in [-0.15, -0.1) is 0 Å². The standard InChI is InChI=1S/C22H30N4O3S/c1-3-24-22(25-14-8-16-30(28,29)20-11-5-4-6-12-20)26-15-13-18-9-7-10-19(17-18)21(27)23-2/h4-7,9-12,17H,3,8,13-16H2,1-2H3,(H,23,27)(H2,24,25,26). The van der Waals surface area contributed by atoms with E-state index in [2.05, 4.69) is 20.9 Å². The molecule has 0 spiro atoms. The van der Waals surface area contributed by atoms with Gasteiger partial charge in [0.1, 0.15) is 0 Å². The molecule has 0 saturated heterocycles. The van der Waals surface area contributed by atoms with Crippen LogP contribution in [0.3, 0.4) is 0 Å². The number of carbonyl (C=O) groups excluding carboxylic acids is 1. The smallest absolute Gasteiger partial charge is 0.251 e. The SMILES string of the molecule is CCNC(=NCCCS(=O)(=O)c1ccccc1)NCCc1cccc(C(=O)NC)c1. The average Bonchev–Trinajstić information content (AvgIpc) is 2.77. The van der Waals surface area contributed by atoms with Gasteiger partial charge in [-0.25, -0.2) is 8.42 Å². The summed E-state index contributed by atoms with van der Waals surface area (Å²) in [4.78, 5) is 16.6. The average molecular weight is 431 g/mol. The van der Waals surface area contributed by atoms with E-state index in [0.29, 0.717) is 42.5 Å². The summed E-state index contributed by atoms with van der Waals surface area (Å²) in [5.41, 5.74) is 1.68. The summed E-state index contributed by atoms with van der Waals surface area (Å²) in [7, 11) is -1.67. The molecule has 1 amide bonds. The summed E-state index contributed by atoms with van der Waals surface area (Å²) < 4.78 is 24.6. The van der Waals surface area contributed by atoms with Crippen molar-refractivity contribution in [1.82, 2.24) is 16.0 Å². The second-order valence-corrected chi connectivity index (χ2v) is 8.81. The lowest BCUT2D eigenvalue weighted by Gasteiger charge is -2.12. The molecule has 0 heterocycles. The van der Waals surface area contributed by atoms with Gasteiger partial charge in [-0.3, -0.25) is 9.79 Å². The molecule has 30 heavy (non-hydrogen) atoms. The molecule has 2 rings (SSSR count). The normalized spacial score (nSPS) is 11.7. The molecule has 0 saturated carbocycles. The highest BCUT2D eigenvalue weighted by Crippen LogP contribution is 2.11. The Morgan fingerprint density at radius 1 is 1.03 bits per heavy atom. The topological polar surface area (TPSA) is 99.7 Å². The number of benzene rings is 2. The number of hydrogen-bond donors (Lipinski definition) is 3. The zero-order valence-electron chi connectivity index (χ0n) is 17.5. The fourth-order valence-electron chi connectivity index (χ4n) is 2.87. The first-order chi connectivity index (χ1) is 14.5. The lowest BCUT2D eigenvalue weighted by molar-refractivity contribution is 0.0963. The first kappa shape index (κ1) is 23.4. The van der Waals surface area contributed by atoms with Crippen molar-refractivity contribution >= 4 is 21.7 Å². The van der Waals surface area contributed by atoms with Gasteiger partial charge < -0.3 is 16.0 Å². The number of sulfone groups is 1. The maximum absolute atomic E-state index is 12.3. The van der Waals surface area contributed by atoms with E-state index in [9.17, 15) is 13.2 Å². The van der Waals surface area contributed by atoms with Crippen molar-refractivity contribution in [2.75, 3.05) is 32.4 Å². The van der Waals surface area contributed by atoms with Crippen molar-refractivity contribution in [3.8, 4) is 0 Å². The predicted molar refractivity (Wildman–Crippen MR) is 121 cm³/mol. The van der Waals surface area contributed by atoms with Gasteiger partial charge in [0.25, 0.3) is 5.91 Å². The molecule has 0 aromatic heterocycles. The van der Waals surface area contributed by atoms with Crippen LogP contribution < -0.4 is 16.0 Å². The predicted octanol–water partition coefficient (Wildman–Crippen LogP) is 2.01. The Hall–Kier alpha value is -2.87. The van der Waals surface area contributed by atoms with Crippen molar-refractivity contribution in [2.24, 2.45) is 4.99 Å². The molecule has 0 aliphatic heterocycles. The van der Waals surface area contributed by atoms with Gasteiger partial charge in [-0.2, -0.15) is 0 Å². The summed E-state index contributed by atoms with van der Waals surface area (Å²) in [6, 6.07) is 16.0. The number of guanidine groups is 1. The van der Waals surface area contributed by atoms with Crippen LogP contribution in [0.2, 0.25) is 0 Å². The highest BCUT2D eigenvalue weighted by atomic mass is 32.2. The molecule has 0 aliphatic carbocycles. The minimum Gasteiger partial charge on any atom is -0.357 e. The molecule has 0 atom stereocenters. The number of carbonyl (C=O) groups is 1. The van der Waals surface area contributed by atoms with Crippen LogP contribution in [0.1, 0.15) is 29.3 Å². The lowest BCUT2D eigenvalue weighted by atomic mass is 10.1. The molecule has 3 N–H and O–H groups in total. The third kappa shape index (κ3) is 7.51. The van der Waals surface area contributed by atoms with E-state index in [4.69, 9.17) is 0 Å². The second kappa shape index (κ2) is 12.0. The van der Waals surface area contributed by atoms with Gasteiger partial charge in [0.15, 0.2) is 15.8 Å². The second-order valence-electron chi connectivity index (χ2n) is 6.70. The Balaban J connectivity index is 1.84. The first-order valence-electron chi connectivity index (χ1n) is 10.1. The Kier molecular flexibility index (Phi) is 9.34. The summed E-state index contributed by atoms with van der Waals surface area (Å²) in [5, 5.41) is 9.04. The van der Waals surface area contributed by atoms with E-state index in [-0.39, 0.29) is 11.7 Å². The van der Waals surface area contributed by atoms with E-state index < -0.39 is 9.84 Å². The molecule has 0 radical (unpaired) electrons. The number of hydrogen-bond acceptors (Lipinski definition) is 4. The molecule has 7 nitrogen and oxygen atoms in total. The Bertz CT molecular complexity index is 944. The van der Waals surface area contributed by atoms with Crippen LogP contribution in [0.25, 0.3) is 0 Å². The summed E-state index contributed by atoms with van der Waals surface area (Å²) in [5.74, 6) is 0.605. The quantitative estimate of drug-likeness (QED) is 0.304. The molecular weight excluding hydrogens is 400 g/mol. The number of aliphatic imine (C=N–C) groups is 1. The lowest BCUT2D eigenvalue weighted by Crippen LogP contribution is -2.38. The van der Waals surface area contributed by atoms with Crippen LogP contribution in [-0.4, -0.2) is 52.7 Å². The van der Waals surface area contributed by atoms with E-state index in [1.165, 1.54) is 0 Å². The zero-order valence-corrected chi connectivity index (χ0v) is 18.3. The van der Waals surface area contributed by atoms with Gasteiger partial charge in [0.05, 0.1) is 10.6 Å². The molecule has 0 unspecified atom stereocenters. The number of rotatable bonds is 10. The molecule has 0 fully saturated rings. The largest absolute Gasteiger partial charge is 0.357 e. The molecule has 162 valence electrons. The fraction of sp³-hybridized carbons (Fsp3) is 0.364. The molecular formula is C22H30N4O3S. The highest BCUT2D eigenvalue weighted by molar-refractivity contribution is 7.91. The van der Waals surface area contributed by atoms with Gasteiger partial charge in [-0.1, -0.05) is 30.3 Å². The van der Waals surface area contributed by atoms with E-state index in [0.717, 1.165) is 12.0 Å². The highest BCUT2D eigenvalue weighted by Gasteiger charge is 2.13. The van der Waals surface area contributed by atoms with E-state index in [1.807, 2.05) is 25.1 Å². The van der Waals surface area contributed by atoms with Crippen molar-refractivity contribution in [1.29, 1.82) is 0 Å². The Morgan fingerprint density at radius 3 is 2.50 bits per heavy atom. The summed E-state index contributed by atoms with van der Waals surface area (Å²) in [6.45, 7) is 3.74. The third-order valence-electron chi connectivity index (χ3n) is 4.41. The summed E-state index contributed by atoms with van der Waals surface area (Å²) >= 11 is 0.